The molecule has 6 nitrogen and oxygen atoms in total. The summed E-state index contributed by atoms with van der Waals surface area (Å²) in [6, 6.07) is 12.7. The van der Waals surface area contributed by atoms with E-state index in [1.54, 1.807) is 6.92 Å². The SMILES string of the molecule is COc1ccc(NC(=O)CN(c2ccc(Cl)c(C(F)(F)F)c2)S(=O)(=O)c2ccc(C)cc2)cc1Cl. The van der Waals surface area contributed by atoms with E-state index in [4.69, 9.17) is 27.9 Å². The van der Waals surface area contributed by atoms with Crippen molar-refractivity contribution in [3.05, 3.63) is 81.8 Å². The number of alkyl halides is 3. The normalized spacial score (nSPS) is 11.7. The van der Waals surface area contributed by atoms with Crippen LogP contribution in [0, 0.1) is 6.92 Å². The molecule has 0 heterocycles. The molecule has 0 radical (unpaired) electrons. The van der Waals surface area contributed by atoms with E-state index in [0.717, 1.165) is 17.7 Å². The highest BCUT2D eigenvalue weighted by Gasteiger charge is 2.35. The van der Waals surface area contributed by atoms with Gasteiger partial charge in [0.15, 0.2) is 0 Å². The molecule has 0 aliphatic carbocycles. The van der Waals surface area contributed by atoms with Crippen molar-refractivity contribution in [1.29, 1.82) is 0 Å². The Morgan fingerprint density at radius 2 is 1.66 bits per heavy atom. The van der Waals surface area contributed by atoms with Crippen molar-refractivity contribution >= 4 is 50.5 Å². The fraction of sp³-hybridized carbons (Fsp3) is 0.174. The lowest BCUT2D eigenvalue weighted by Gasteiger charge is -2.25. The number of benzene rings is 3. The first kappa shape index (κ1) is 26.7. The molecule has 1 amide bonds. The van der Waals surface area contributed by atoms with Crippen LogP contribution in [0.2, 0.25) is 10.0 Å². The van der Waals surface area contributed by atoms with Crippen LogP contribution < -0.4 is 14.4 Å². The van der Waals surface area contributed by atoms with Crippen LogP contribution in [0.3, 0.4) is 0 Å². The Hall–Kier alpha value is -2.95. The lowest BCUT2D eigenvalue weighted by Crippen LogP contribution is -2.38. The summed E-state index contributed by atoms with van der Waals surface area (Å²) in [7, 11) is -3.02. The van der Waals surface area contributed by atoms with Gasteiger partial charge in [-0.1, -0.05) is 40.9 Å². The zero-order valence-corrected chi connectivity index (χ0v) is 20.7. The molecule has 12 heteroatoms. The van der Waals surface area contributed by atoms with Crippen molar-refractivity contribution in [2.24, 2.45) is 0 Å². The summed E-state index contributed by atoms with van der Waals surface area (Å²) >= 11 is 11.8. The molecule has 0 atom stereocenters. The van der Waals surface area contributed by atoms with Gasteiger partial charge in [0.25, 0.3) is 10.0 Å². The number of anilines is 2. The van der Waals surface area contributed by atoms with E-state index in [1.807, 2.05) is 0 Å². The molecule has 0 fully saturated rings. The van der Waals surface area contributed by atoms with Gasteiger partial charge in [0, 0.05) is 5.69 Å². The van der Waals surface area contributed by atoms with E-state index in [1.165, 1.54) is 49.6 Å². The monoisotopic (exact) mass is 546 g/mol. The molecular weight excluding hydrogens is 528 g/mol. The van der Waals surface area contributed by atoms with E-state index in [-0.39, 0.29) is 21.3 Å². The average Bonchev–Trinajstić information content (AvgIpc) is 2.77. The molecule has 0 aromatic heterocycles. The Balaban J connectivity index is 2.02. The molecule has 0 unspecified atom stereocenters. The zero-order chi connectivity index (χ0) is 26.0. The predicted octanol–water partition coefficient (Wildman–Crippen LogP) is 6.16. The predicted molar refractivity (Wildman–Crippen MR) is 129 cm³/mol. The van der Waals surface area contributed by atoms with Crippen molar-refractivity contribution in [3.63, 3.8) is 0 Å². The van der Waals surface area contributed by atoms with Gasteiger partial charge in [-0.25, -0.2) is 8.42 Å². The minimum atomic E-state index is -4.84. The van der Waals surface area contributed by atoms with Crippen LogP contribution in [0.5, 0.6) is 5.75 Å². The van der Waals surface area contributed by atoms with Crippen LogP contribution >= 0.6 is 23.2 Å². The maximum absolute atomic E-state index is 13.5. The summed E-state index contributed by atoms with van der Waals surface area (Å²) in [6.45, 7) is 0.926. The molecule has 35 heavy (non-hydrogen) atoms. The Kier molecular flexibility index (Phi) is 7.88. The first-order valence-corrected chi connectivity index (χ1v) is 12.1. The van der Waals surface area contributed by atoms with Gasteiger partial charge in [-0.2, -0.15) is 13.2 Å². The minimum absolute atomic E-state index is 0.196. The van der Waals surface area contributed by atoms with Gasteiger partial charge in [-0.15, -0.1) is 0 Å². The minimum Gasteiger partial charge on any atom is -0.495 e. The number of nitrogens with one attached hydrogen (secondary N) is 1. The fourth-order valence-electron chi connectivity index (χ4n) is 3.11. The first-order valence-electron chi connectivity index (χ1n) is 9.92. The second-order valence-corrected chi connectivity index (χ2v) is 10.1. The van der Waals surface area contributed by atoms with Gasteiger partial charge in [0.1, 0.15) is 12.3 Å². The number of aryl methyl sites for hydroxylation is 1. The molecule has 186 valence electrons. The van der Waals surface area contributed by atoms with Gasteiger partial charge in [0.05, 0.1) is 33.3 Å². The van der Waals surface area contributed by atoms with Crippen LogP contribution in [0.4, 0.5) is 24.5 Å². The Morgan fingerprint density at radius 3 is 2.23 bits per heavy atom. The van der Waals surface area contributed by atoms with Gasteiger partial charge in [-0.05, 0) is 55.5 Å². The number of methoxy groups -OCH3 is 1. The highest BCUT2D eigenvalue weighted by atomic mass is 35.5. The van der Waals surface area contributed by atoms with Crippen molar-refractivity contribution in [2.45, 2.75) is 18.0 Å². The standard InChI is InChI=1S/C23H19Cl2F3N2O4S/c1-14-3-7-17(8-4-14)35(32,33)30(16-6-9-19(24)18(12-16)23(26,27)28)13-22(31)29-15-5-10-21(34-2)20(25)11-15/h3-12H,13H2,1-2H3,(H,29,31). The zero-order valence-electron chi connectivity index (χ0n) is 18.4. The Labute approximate surface area is 210 Å². The van der Waals surface area contributed by atoms with E-state index < -0.39 is 39.2 Å². The molecule has 0 aliphatic heterocycles. The Bertz CT molecular complexity index is 1350. The summed E-state index contributed by atoms with van der Waals surface area (Å²) < 4.78 is 72.8. The topological polar surface area (TPSA) is 75.7 Å². The number of nitrogens with zero attached hydrogens (tertiary/aromatic N) is 1. The molecule has 1 N–H and O–H groups in total. The third kappa shape index (κ3) is 6.19. The van der Waals surface area contributed by atoms with Crippen molar-refractivity contribution in [3.8, 4) is 5.75 Å². The fourth-order valence-corrected chi connectivity index (χ4v) is 5.01. The summed E-state index contributed by atoms with van der Waals surface area (Å²) in [5.74, 6) is -0.459. The molecular formula is C23H19Cl2F3N2O4S. The van der Waals surface area contributed by atoms with Gasteiger partial charge in [0.2, 0.25) is 5.91 Å². The maximum Gasteiger partial charge on any atom is 0.417 e. The third-order valence-electron chi connectivity index (χ3n) is 4.88. The van der Waals surface area contributed by atoms with Crippen LogP contribution in [0.25, 0.3) is 0 Å². The number of hydrogen-bond acceptors (Lipinski definition) is 4. The van der Waals surface area contributed by atoms with Crippen LogP contribution in [0.15, 0.2) is 65.6 Å². The van der Waals surface area contributed by atoms with Crippen molar-refractivity contribution < 1.29 is 31.1 Å². The first-order chi connectivity index (χ1) is 16.3. The summed E-state index contributed by atoms with van der Waals surface area (Å²) in [6.07, 6.45) is -4.84. The summed E-state index contributed by atoms with van der Waals surface area (Å²) in [5.41, 5.74) is -0.607. The van der Waals surface area contributed by atoms with E-state index in [0.29, 0.717) is 16.1 Å². The molecule has 0 saturated heterocycles. The van der Waals surface area contributed by atoms with Crippen LogP contribution in [0.1, 0.15) is 11.1 Å². The summed E-state index contributed by atoms with van der Waals surface area (Å²) in [4.78, 5) is 12.6. The average molecular weight is 547 g/mol. The van der Waals surface area contributed by atoms with Crippen molar-refractivity contribution in [1.82, 2.24) is 0 Å². The van der Waals surface area contributed by atoms with Crippen molar-refractivity contribution in [2.75, 3.05) is 23.3 Å². The second-order valence-electron chi connectivity index (χ2n) is 7.38. The molecule has 0 saturated carbocycles. The third-order valence-corrected chi connectivity index (χ3v) is 7.29. The second kappa shape index (κ2) is 10.3. The highest BCUT2D eigenvalue weighted by Crippen LogP contribution is 2.38. The number of halogens is 5. The lowest BCUT2D eigenvalue weighted by atomic mass is 10.2. The van der Waals surface area contributed by atoms with E-state index >= 15 is 0 Å². The number of rotatable bonds is 7. The molecule has 3 aromatic rings. The van der Waals surface area contributed by atoms with Gasteiger partial charge >= 0.3 is 6.18 Å². The highest BCUT2D eigenvalue weighted by molar-refractivity contribution is 7.92. The largest absolute Gasteiger partial charge is 0.495 e. The molecule has 0 bridgehead atoms. The smallest absolute Gasteiger partial charge is 0.417 e. The summed E-state index contributed by atoms with van der Waals surface area (Å²) in [5, 5.41) is 2.08. The van der Waals surface area contributed by atoms with E-state index in [9.17, 15) is 26.4 Å². The number of amides is 1. The Morgan fingerprint density at radius 1 is 1.00 bits per heavy atom. The van der Waals surface area contributed by atoms with Crippen LogP contribution in [-0.2, 0) is 21.0 Å². The van der Waals surface area contributed by atoms with Gasteiger partial charge in [-0.3, -0.25) is 9.10 Å². The molecule has 3 aromatic carbocycles. The molecule has 0 spiro atoms. The molecule has 3 rings (SSSR count). The lowest BCUT2D eigenvalue weighted by molar-refractivity contribution is -0.137. The quantitative estimate of drug-likeness (QED) is 0.385. The van der Waals surface area contributed by atoms with Crippen LogP contribution in [-0.4, -0.2) is 28.0 Å². The number of ether oxygens (including phenoxy) is 1. The number of sulfonamides is 1. The number of carbonyl (C=O) groups is 1. The maximum atomic E-state index is 13.5. The molecule has 0 aliphatic rings. The number of hydrogen-bond donors (Lipinski definition) is 1. The van der Waals surface area contributed by atoms with Gasteiger partial charge < -0.3 is 10.1 Å². The number of carbonyl (C=O) groups excluding carboxylic acids is 1. The van der Waals surface area contributed by atoms with E-state index in [2.05, 4.69) is 5.32 Å².